The van der Waals surface area contributed by atoms with E-state index in [9.17, 15) is 14.0 Å². The van der Waals surface area contributed by atoms with Crippen LogP contribution >= 0.6 is 11.8 Å². The number of hydrogen-bond acceptors (Lipinski definition) is 5. The SMILES string of the molecule is CSc1ccc(-c2ncc(N3C[C@H](CNC(C)=O)OC3=O)cc2F)cc1. The van der Waals surface area contributed by atoms with E-state index in [2.05, 4.69) is 10.3 Å². The molecular formula is C18H18FN3O3S. The maximum atomic E-state index is 14.5. The van der Waals surface area contributed by atoms with Gasteiger partial charge in [0.15, 0.2) is 5.82 Å². The summed E-state index contributed by atoms with van der Waals surface area (Å²) in [5.74, 6) is -0.721. The number of amides is 2. The number of thioether (sulfide) groups is 1. The monoisotopic (exact) mass is 375 g/mol. The number of carbonyl (C=O) groups is 2. The van der Waals surface area contributed by atoms with Gasteiger partial charge in [-0.2, -0.15) is 0 Å². The quantitative estimate of drug-likeness (QED) is 0.814. The molecule has 0 saturated carbocycles. The molecule has 0 unspecified atom stereocenters. The number of aromatic nitrogens is 1. The van der Waals surface area contributed by atoms with E-state index in [0.717, 1.165) is 4.90 Å². The van der Waals surface area contributed by atoms with Gasteiger partial charge in [-0.05, 0) is 18.4 Å². The minimum absolute atomic E-state index is 0.205. The third-order valence-corrected chi connectivity index (χ3v) is 4.70. The Bertz CT molecular complexity index is 829. The summed E-state index contributed by atoms with van der Waals surface area (Å²) in [5.41, 5.74) is 1.21. The zero-order valence-corrected chi connectivity index (χ0v) is 15.2. The standard InChI is InChI=1S/C18H18FN3O3S/c1-11(23)20-9-14-10-22(18(24)25-14)13-7-16(19)17(21-8-13)12-3-5-15(26-2)6-4-12/h3-8,14H,9-10H2,1-2H3,(H,20,23)/t14-/m0/s1. The maximum absolute atomic E-state index is 14.5. The normalized spacial score (nSPS) is 16.5. The molecule has 0 spiro atoms. The Labute approximate surface area is 154 Å². The smallest absolute Gasteiger partial charge is 0.414 e. The molecule has 3 rings (SSSR count). The topological polar surface area (TPSA) is 71.5 Å². The summed E-state index contributed by atoms with van der Waals surface area (Å²) >= 11 is 1.60. The number of halogens is 1. The van der Waals surface area contributed by atoms with E-state index < -0.39 is 18.0 Å². The molecule has 1 atom stereocenters. The largest absolute Gasteiger partial charge is 0.442 e. The average molecular weight is 375 g/mol. The molecule has 1 fully saturated rings. The van der Waals surface area contributed by atoms with Crippen LogP contribution < -0.4 is 10.2 Å². The number of rotatable bonds is 5. The third kappa shape index (κ3) is 3.96. The molecule has 1 aromatic carbocycles. The van der Waals surface area contributed by atoms with Crippen LogP contribution in [0.15, 0.2) is 41.4 Å². The predicted octanol–water partition coefficient (Wildman–Crippen LogP) is 3.07. The number of cyclic esters (lactones) is 1. The number of nitrogens with zero attached hydrogens (tertiary/aromatic N) is 2. The molecule has 1 aromatic heterocycles. The van der Waals surface area contributed by atoms with E-state index in [-0.39, 0.29) is 24.7 Å². The predicted molar refractivity (Wildman–Crippen MR) is 97.7 cm³/mol. The summed E-state index contributed by atoms with van der Waals surface area (Å²) < 4.78 is 19.7. The lowest BCUT2D eigenvalue weighted by molar-refractivity contribution is -0.119. The minimum Gasteiger partial charge on any atom is -0.442 e. The Morgan fingerprint density at radius 1 is 1.42 bits per heavy atom. The van der Waals surface area contributed by atoms with Gasteiger partial charge in [0.2, 0.25) is 5.91 Å². The molecular weight excluding hydrogens is 357 g/mol. The zero-order valence-electron chi connectivity index (χ0n) is 14.4. The number of benzene rings is 1. The summed E-state index contributed by atoms with van der Waals surface area (Å²) in [6.07, 6.45) is 2.35. The van der Waals surface area contributed by atoms with Crippen molar-refractivity contribution in [3.05, 3.63) is 42.3 Å². The molecule has 8 heteroatoms. The Morgan fingerprint density at radius 3 is 2.77 bits per heavy atom. The first-order valence-corrected chi connectivity index (χ1v) is 9.23. The van der Waals surface area contributed by atoms with Crippen LogP contribution in [0.1, 0.15) is 6.92 Å². The van der Waals surface area contributed by atoms with Crippen molar-refractivity contribution in [3.8, 4) is 11.3 Å². The number of carbonyl (C=O) groups excluding carboxylic acids is 2. The molecule has 6 nitrogen and oxygen atoms in total. The van der Waals surface area contributed by atoms with Gasteiger partial charge in [0.05, 0.1) is 25.0 Å². The molecule has 1 aliphatic heterocycles. The number of ether oxygens (including phenoxy) is 1. The summed E-state index contributed by atoms with van der Waals surface area (Å²) in [6, 6.07) is 8.70. The second kappa shape index (κ2) is 7.74. The molecule has 1 aliphatic rings. The zero-order chi connectivity index (χ0) is 18.7. The van der Waals surface area contributed by atoms with Crippen LogP contribution in [-0.2, 0) is 9.53 Å². The van der Waals surface area contributed by atoms with Crippen LogP contribution in [-0.4, -0.2) is 42.4 Å². The molecule has 2 amide bonds. The summed E-state index contributed by atoms with van der Waals surface area (Å²) in [7, 11) is 0. The molecule has 2 heterocycles. The fourth-order valence-electron chi connectivity index (χ4n) is 2.63. The Morgan fingerprint density at radius 2 is 2.15 bits per heavy atom. The van der Waals surface area contributed by atoms with Gasteiger partial charge in [0.1, 0.15) is 11.8 Å². The molecule has 1 N–H and O–H groups in total. The van der Waals surface area contributed by atoms with Crippen molar-refractivity contribution in [2.45, 2.75) is 17.9 Å². The highest BCUT2D eigenvalue weighted by Crippen LogP contribution is 2.28. The lowest BCUT2D eigenvalue weighted by Gasteiger charge is -2.14. The van der Waals surface area contributed by atoms with Gasteiger partial charge in [-0.1, -0.05) is 12.1 Å². The van der Waals surface area contributed by atoms with Crippen LogP contribution in [0.5, 0.6) is 0 Å². The number of hydrogen-bond donors (Lipinski definition) is 1. The lowest BCUT2D eigenvalue weighted by Crippen LogP contribution is -2.33. The van der Waals surface area contributed by atoms with Gasteiger partial charge >= 0.3 is 6.09 Å². The fraction of sp³-hybridized carbons (Fsp3) is 0.278. The molecule has 2 aromatic rings. The molecule has 0 radical (unpaired) electrons. The van der Waals surface area contributed by atoms with Gasteiger partial charge in [-0.15, -0.1) is 11.8 Å². The third-order valence-electron chi connectivity index (χ3n) is 3.95. The highest BCUT2D eigenvalue weighted by Gasteiger charge is 2.33. The van der Waals surface area contributed by atoms with Crippen molar-refractivity contribution in [3.63, 3.8) is 0 Å². The molecule has 0 aliphatic carbocycles. The van der Waals surface area contributed by atoms with Crippen molar-refractivity contribution in [1.82, 2.24) is 10.3 Å². The second-order valence-corrected chi connectivity index (χ2v) is 6.69. The van der Waals surface area contributed by atoms with Gasteiger partial charge < -0.3 is 10.1 Å². The number of pyridine rings is 1. The van der Waals surface area contributed by atoms with E-state index >= 15 is 0 Å². The van der Waals surface area contributed by atoms with Gasteiger partial charge in [-0.3, -0.25) is 14.7 Å². The summed E-state index contributed by atoms with van der Waals surface area (Å²) in [6.45, 7) is 1.83. The highest BCUT2D eigenvalue weighted by atomic mass is 32.2. The summed E-state index contributed by atoms with van der Waals surface area (Å²) in [4.78, 5) is 29.5. The van der Waals surface area contributed by atoms with Crippen molar-refractivity contribution in [1.29, 1.82) is 0 Å². The maximum Gasteiger partial charge on any atom is 0.414 e. The first kappa shape index (κ1) is 18.2. The highest BCUT2D eigenvalue weighted by molar-refractivity contribution is 7.98. The van der Waals surface area contributed by atoms with E-state index in [4.69, 9.17) is 4.74 Å². The first-order valence-electron chi connectivity index (χ1n) is 8.00. The number of nitrogens with one attached hydrogen (secondary N) is 1. The van der Waals surface area contributed by atoms with E-state index in [1.54, 1.807) is 11.8 Å². The van der Waals surface area contributed by atoms with E-state index in [1.165, 1.54) is 24.1 Å². The minimum atomic E-state index is -0.585. The van der Waals surface area contributed by atoms with Crippen LogP contribution in [0.3, 0.4) is 0 Å². The second-order valence-electron chi connectivity index (χ2n) is 5.81. The van der Waals surface area contributed by atoms with Gasteiger partial charge in [-0.25, -0.2) is 9.18 Å². The molecule has 26 heavy (non-hydrogen) atoms. The van der Waals surface area contributed by atoms with Gasteiger partial charge in [0.25, 0.3) is 0 Å². The number of anilines is 1. The Balaban J connectivity index is 1.76. The Hall–Kier alpha value is -2.61. The Kier molecular flexibility index (Phi) is 5.41. The van der Waals surface area contributed by atoms with Crippen molar-refractivity contribution in [2.24, 2.45) is 0 Å². The van der Waals surface area contributed by atoms with Crippen molar-refractivity contribution < 1.29 is 18.7 Å². The van der Waals surface area contributed by atoms with Crippen molar-refractivity contribution >= 4 is 29.4 Å². The van der Waals surface area contributed by atoms with Crippen LogP contribution in [0, 0.1) is 5.82 Å². The van der Waals surface area contributed by atoms with Crippen LogP contribution in [0.2, 0.25) is 0 Å². The molecule has 1 saturated heterocycles. The van der Waals surface area contributed by atoms with Crippen LogP contribution in [0.4, 0.5) is 14.9 Å². The van der Waals surface area contributed by atoms with Gasteiger partial charge in [0, 0.05) is 23.4 Å². The van der Waals surface area contributed by atoms with E-state index in [1.807, 2.05) is 30.5 Å². The summed E-state index contributed by atoms with van der Waals surface area (Å²) in [5, 5.41) is 2.60. The van der Waals surface area contributed by atoms with Crippen molar-refractivity contribution in [2.75, 3.05) is 24.2 Å². The average Bonchev–Trinajstić information content (AvgIpc) is 3.01. The fourth-order valence-corrected chi connectivity index (χ4v) is 3.04. The van der Waals surface area contributed by atoms with E-state index in [0.29, 0.717) is 11.3 Å². The first-order chi connectivity index (χ1) is 12.5. The lowest BCUT2D eigenvalue weighted by atomic mass is 10.1. The van der Waals surface area contributed by atoms with Crippen LogP contribution in [0.25, 0.3) is 11.3 Å². The molecule has 136 valence electrons. The molecule has 0 bridgehead atoms.